The average molecular weight is 262 g/mol. The lowest BCUT2D eigenvalue weighted by atomic mass is 9.82. The van der Waals surface area contributed by atoms with Crippen LogP contribution in [0, 0.1) is 5.41 Å². The molecule has 0 aliphatic carbocycles. The molecule has 1 aliphatic rings. The summed E-state index contributed by atoms with van der Waals surface area (Å²) in [6.45, 7) is 15.5. The van der Waals surface area contributed by atoms with E-state index in [-0.39, 0.29) is 17.5 Å². The predicted octanol–water partition coefficient (Wildman–Crippen LogP) is 3.08. The van der Waals surface area contributed by atoms with Crippen molar-refractivity contribution >= 4 is 0 Å². The summed E-state index contributed by atoms with van der Waals surface area (Å²) in [5.41, 5.74) is 0.197. The first kappa shape index (κ1) is 15.8. The summed E-state index contributed by atoms with van der Waals surface area (Å²) in [6.07, 6.45) is -2.23. The number of rotatable bonds is 2. The lowest BCUT2D eigenvalue weighted by molar-refractivity contribution is -0.0489. The van der Waals surface area contributed by atoms with Gasteiger partial charge in [0.25, 0.3) is 6.43 Å². The Bertz CT molecular complexity index is 266. The molecule has 0 spiro atoms. The maximum Gasteiger partial charge on any atom is 0.251 e. The summed E-state index contributed by atoms with van der Waals surface area (Å²) in [5.74, 6) is 0. The molecule has 1 rings (SSSR count). The van der Waals surface area contributed by atoms with Gasteiger partial charge in [-0.3, -0.25) is 9.80 Å². The molecule has 18 heavy (non-hydrogen) atoms. The number of hydrogen-bond acceptors (Lipinski definition) is 2. The zero-order valence-corrected chi connectivity index (χ0v) is 12.6. The summed E-state index contributed by atoms with van der Waals surface area (Å²) in [7, 11) is 0. The Balaban J connectivity index is 2.80. The lowest BCUT2D eigenvalue weighted by Gasteiger charge is -2.52. The van der Waals surface area contributed by atoms with Crippen molar-refractivity contribution in [1.29, 1.82) is 0 Å². The molecule has 1 atom stereocenters. The molecule has 0 saturated carbocycles. The summed E-state index contributed by atoms with van der Waals surface area (Å²) in [5, 5.41) is 0. The molecule has 1 aliphatic heterocycles. The van der Waals surface area contributed by atoms with Crippen LogP contribution >= 0.6 is 0 Å². The smallest absolute Gasteiger partial charge is 0.251 e. The largest absolute Gasteiger partial charge is 0.295 e. The van der Waals surface area contributed by atoms with E-state index in [9.17, 15) is 8.78 Å². The zero-order valence-electron chi connectivity index (χ0n) is 12.6. The molecule has 0 N–H and O–H groups in total. The minimum Gasteiger partial charge on any atom is -0.295 e. The molecular weight excluding hydrogens is 234 g/mol. The highest BCUT2D eigenvalue weighted by Crippen LogP contribution is 2.32. The number of nitrogens with zero attached hydrogens (tertiary/aromatic N) is 2. The van der Waals surface area contributed by atoms with Crippen LogP contribution in [0.3, 0.4) is 0 Å². The van der Waals surface area contributed by atoms with Crippen LogP contribution in [0.1, 0.15) is 41.5 Å². The van der Waals surface area contributed by atoms with Crippen molar-refractivity contribution in [1.82, 2.24) is 9.80 Å². The SMILES string of the molecule is CC(C)(C)[C@@H]1CN(CC(F)F)CCN1C(C)(C)C. The summed E-state index contributed by atoms with van der Waals surface area (Å²) in [6, 6.07) is 0.324. The minimum absolute atomic E-state index is 0.0921. The van der Waals surface area contributed by atoms with E-state index in [1.807, 2.05) is 4.90 Å². The van der Waals surface area contributed by atoms with Gasteiger partial charge in [-0.2, -0.15) is 0 Å². The molecule has 0 radical (unpaired) electrons. The molecule has 4 heteroatoms. The second-order valence-electron chi connectivity index (χ2n) is 7.40. The van der Waals surface area contributed by atoms with E-state index in [4.69, 9.17) is 0 Å². The Morgan fingerprint density at radius 1 is 1.06 bits per heavy atom. The molecule has 1 saturated heterocycles. The van der Waals surface area contributed by atoms with E-state index in [1.165, 1.54) is 0 Å². The van der Waals surface area contributed by atoms with Gasteiger partial charge in [-0.05, 0) is 26.2 Å². The Morgan fingerprint density at radius 2 is 1.61 bits per heavy atom. The number of hydrogen-bond donors (Lipinski definition) is 0. The van der Waals surface area contributed by atoms with Gasteiger partial charge in [-0.15, -0.1) is 0 Å². The Kier molecular flexibility index (Phi) is 4.76. The highest BCUT2D eigenvalue weighted by Gasteiger charge is 2.40. The van der Waals surface area contributed by atoms with Gasteiger partial charge in [0.2, 0.25) is 0 Å². The average Bonchev–Trinajstić information content (AvgIpc) is 2.13. The summed E-state index contributed by atoms with van der Waals surface area (Å²) in [4.78, 5) is 4.37. The van der Waals surface area contributed by atoms with Crippen molar-refractivity contribution in [3.63, 3.8) is 0 Å². The molecule has 108 valence electrons. The second-order valence-corrected chi connectivity index (χ2v) is 7.40. The highest BCUT2D eigenvalue weighted by molar-refractivity contribution is 4.95. The zero-order chi connectivity index (χ0) is 14.1. The third kappa shape index (κ3) is 4.16. The first-order chi connectivity index (χ1) is 8.01. The quantitative estimate of drug-likeness (QED) is 0.754. The monoisotopic (exact) mass is 262 g/mol. The van der Waals surface area contributed by atoms with Crippen molar-refractivity contribution < 1.29 is 8.78 Å². The van der Waals surface area contributed by atoms with E-state index < -0.39 is 6.43 Å². The second kappa shape index (κ2) is 5.41. The third-order valence-electron chi connectivity index (χ3n) is 3.72. The molecule has 0 aromatic carbocycles. The molecule has 0 aromatic rings. The van der Waals surface area contributed by atoms with Gasteiger partial charge in [-0.1, -0.05) is 20.8 Å². The minimum atomic E-state index is -2.23. The van der Waals surface area contributed by atoms with Crippen molar-refractivity contribution in [3.8, 4) is 0 Å². The van der Waals surface area contributed by atoms with Gasteiger partial charge in [-0.25, -0.2) is 8.78 Å². The Labute approximate surface area is 110 Å². The van der Waals surface area contributed by atoms with Crippen molar-refractivity contribution in [2.75, 3.05) is 26.2 Å². The standard InChI is InChI=1S/C14H28F2N2/c1-13(2,3)11-9-17(10-12(15)16)7-8-18(11)14(4,5)6/h11-12H,7-10H2,1-6H3/t11-/m0/s1. The Hall–Kier alpha value is -0.220. The van der Waals surface area contributed by atoms with Crippen LogP contribution in [0.4, 0.5) is 8.78 Å². The van der Waals surface area contributed by atoms with Gasteiger partial charge in [0.15, 0.2) is 0 Å². The van der Waals surface area contributed by atoms with Crippen LogP contribution in [0.15, 0.2) is 0 Å². The maximum absolute atomic E-state index is 12.5. The van der Waals surface area contributed by atoms with Gasteiger partial charge < -0.3 is 0 Å². The predicted molar refractivity (Wildman–Crippen MR) is 72.1 cm³/mol. The molecule has 1 fully saturated rings. The van der Waals surface area contributed by atoms with Crippen LogP contribution < -0.4 is 0 Å². The van der Waals surface area contributed by atoms with Crippen LogP contribution in [0.25, 0.3) is 0 Å². The molecule has 2 nitrogen and oxygen atoms in total. The van der Waals surface area contributed by atoms with Gasteiger partial charge in [0, 0.05) is 31.2 Å². The van der Waals surface area contributed by atoms with E-state index in [1.54, 1.807) is 0 Å². The van der Waals surface area contributed by atoms with Gasteiger partial charge in [0.05, 0.1) is 6.54 Å². The Morgan fingerprint density at radius 3 is 2.00 bits per heavy atom. The van der Waals surface area contributed by atoms with Crippen LogP contribution in [-0.2, 0) is 0 Å². The van der Waals surface area contributed by atoms with Crippen LogP contribution in [0.5, 0.6) is 0 Å². The van der Waals surface area contributed by atoms with E-state index in [0.717, 1.165) is 19.6 Å². The van der Waals surface area contributed by atoms with E-state index >= 15 is 0 Å². The fourth-order valence-corrected chi connectivity index (χ4v) is 2.74. The molecule has 0 aromatic heterocycles. The molecule has 0 amide bonds. The normalized spacial score (nSPS) is 24.8. The summed E-state index contributed by atoms with van der Waals surface area (Å²) < 4.78 is 25.0. The molecular formula is C14H28F2N2. The number of alkyl halides is 2. The van der Waals surface area contributed by atoms with Gasteiger partial charge in [0.1, 0.15) is 0 Å². The summed E-state index contributed by atoms with van der Waals surface area (Å²) >= 11 is 0. The van der Waals surface area contributed by atoms with Crippen molar-refractivity contribution in [2.24, 2.45) is 5.41 Å². The van der Waals surface area contributed by atoms with Crippen molar-refractivity contribution in [2.45, 2.75) is 59.5 Å². The van der Waals surface area contributed by atoms with Crippen LogP contribution in [0.2, 0.25) is 0 Å². The fourth-order valence-electron chi connectivity index (χ4n) is 2.74. The highest BCUT2D eigenvalue weighted by atomic mass is 19.3. The third-order valence-corrected chi connectivity index (χ3v) is 3.72. The molecule has 1 heterocycles. The van der Waals surface area contributed by atoms with E-state index in [0.29, 0.717) is 6.04 Å². The number of piperazine rings is 1. The first-order valence-corrected chi connectivity index (χ1v) is 6.79. The first-order valence-electron chi connectivity index (χ1n) is 6.79. The number of halogens is 2. The van der Waals surface area contributed by atoms with Gasteiger partial charge >= 0.3 is 0 Å². The van der Waals surface area contributed by atoms with E-state index in [2.05, 4.69) is 46.4 Å². The lowest BCUT2D eigenvalue weighted by Crippen LogP contribution is -2.63. The molecule has 0 unspecified atom stereocenters. The topological polar surface area (TPSA) is 6.48 Å². The maximum atomic E-state index is 12.5. The van der Waals surface area contributed by atoms with Crippen LogP contribution in [-0.4, -0.2) is 54.0 Å². The fraction of sp³-hybridized carbons (Fsp3) is 1.00. The van der Waals surface area contributed by atoms with Crippen molar-refractivity contribution in [3.05, 3.63) is 0 Å². The molecule has 0 bridgehead atoms.